The molecule has 1 aromatic heterocycles. The van der Waals surface area contributed by atoms with Crippen LogP contribution in [0.5, 0.6) is 0 Å². The lowest BCUT2D eigenvalue weighted by Crippen LogP contribution is -2.22. The van der Waals surface area contributed by atoms with Gasteiger partial charge in [-0.05, 0) is 18.6 Å². The van der Waals surface area contributed by atoms with Gasteiger partial charge in [0.15, 0.2) is 5.82 Å². The van der Waals surface area contributed by atoms with E-state index in [-0.39, 0.29) is 5.69 Å². The van der Waals surface area contributed by atoms with Crippen molar-refractivity contribution in [2.24, 2.45) is 5.73 Å². The molecule has 0 aliphatic heterocycles. The lowest BCUT2D eigenvalue weighted by molar-refractivity contribution is 0.0995. The standard InChI is InChI=1S/C10H16N4O/c1-3-6-14(2)10-7(11)4-5-8(13-10)9(12)15/h4-5H,3,6,11H2,1-2H3,(H2,12,15). The fraction of sp³-hybridized carbons (Fsp3) is 0.400. The van der Waals surface area contributed by atoms with Gasteiger partial charge in [0.05, 0.1) is 5.69 Å². The highest BCUT2D eigenvalue weighted by molar-refractivity contribution is 5.91. The molecule has 0 saturated heterocycles. The molecule has 1 rings (SSSR count). The molecule has 0 aliphatic rings. The first-order valence-electron chi connectivity index (χ1n) is 4.83. The number of hydrogen-bond donors (Lipinski definition) is 2. The van der Waals surface area contributed by atoms with Crippen molar-refractivity contribution in [1.29, 1.82) is 0 Å². The van der Waals surface area contributed by atoms with Crippen LogP contribution in [0, 0.1) is 0 Å². The van der Waals surface area contributed by atoms with Gasteiger partial charge >= 0.3 is 0 Å². The largest absolute Gasteiger partial charge is 0.396 e. The van der Waals surface area contributed by atoms with E-state index in [1.165, 1.54) is 6.07 Å². The summed E-state index contributed by atoms with van der Waals surface area (Å²) >= 11 is 0. The molecule has 5 heteroatoms. The van der Waals surface area contributed by atoms with Crippen molar-refractivity contribution in [3.8, 4) is 0 Å². The van der Waals surface area contributed by atoms with Crippen molar-refractivity contribution in [2.45, 2.75) is 13.3 Å². The van der Waals surface area contributed by atoms with Gasteiger partial charge in [-0.25, -0.2) is 4.98 Å². The first-order valence-corrected chi connectivity index (χ1v) is 4.83. The summed E-state index contributed by atoms with van der Waals surface area (Å²) in [7, 11) is 1.88. The number of hydrogen-bond acceptors (Lipinski definition) is 4. The first kappa shape index (κ1) is 11.3. The molecular formula is C10H16N4O. The zero-order chi connectivity index (χ0) is 11.4. The highest BCUT2D eigenvalue weighted by atomic mass is 16.1. The minimum atomic E-state index is -0.541. The third-order valence-corrected chi connectivity index (χ3v) is 2.08. The van der Waals surface area contributed by atoms with E-state index in [4.69, 9.17) is 11.5 Å². The predicted molar refractivity (Wildman–Crippen MR) is 60.7 cm³/mol. The average molecular weight is 208 g/mol. The molecule has 1 heterocycles. The molecular weight excluding hydrogens is 192 g/mol. The normalized spacial score (nSPS) is 10.0. The monoisotopic (exact) mass is 208 g/mol. The molecule has 0 fully saturated rings. The van der Waals surface area contributed by atoms with E-state index in [1.54, 1.807) is 6.07 Å². The van der Waals surface area contributed by atoms with Crippen LogP contribution in [-0.2, 0) is 0 Å². The van der Waals surface area contributed by atoms with Crippen LogP contribution in [-0.4, -0.2) is 24.5 Å². The molecule has 15 heavy (non-hydrogen) atoms. The minimum Gasteiger partial charge on any atom is -0.396 e. The number of carbonyl (C=O) groups excluding carboxylic acids is 1. The number of rotatable bonds is 4. The second kappa shape index (κ2) is 4.63. The number of amides is 1. The van der Waals surface area contributed by atoms with Crippen LogP contribution in [0.2, 0.25) is 0 Å². The zero-order valence-electron chi connectivity index (χ0n) is 9.03. The first-order chi connectivity index (χ1) is 7.06. The summed E-state index contributed by atoms with van der Waals surface area (Å²) in [6.07, 6.45) is 0.985. The smallest absolute Gasteiger partial charge is 0.267 e. The van der Waals surface area contributed by atoms with E-state index in [0.717, 1.165) is 13.0 Å². The Morgan fingerprint density at radius 1 is 1.53 bits per heavy atom. The van der Waals surface area contributed by atoms with E-state index >= 15 is 0 Å². The van der Waals surface area contributed by atoms with Gasteiger partial charge in [-0.1, -0.05) is 6.92 Å². The molecule has 0 spiro atoms. The second-order valence-electron chi connectivity index (χ2n) is 3.40. The second-order valence-corrected chi connectivity index (χ2v) is 3.40. The van der Waals surface area contributed by atoms with Gasteiger partial charge in [0.1, 0.15) is 5.69 Å². The molecule has 0 aliphatic carbocycles. The highest BCUT2D eigenvalue weighted by Gasteiger charge is 2.10. The molecule has 82 valence electrons. The Bertz CT molecular complexity index is 364. The summed E-state index contributed by atoms with van der Waals surface area (Å²) in [6.45, 7) is 2.89. The van der Waals surface area contributed by atoms with Crippen molar-refractivity contribution in [3.63, 3.8) is 0 Å². The Hall–Kier alpha value is -1.78. The molecule has 1 aromatic rings. The van der Waals surface area contributed by atoms with Gasteiger partial charge in [-0.2, -0.15) is 0 Å². The van der Waals surface area contributed by atoms with Crippen LogP contribution in [0.25, 0.3) is 0 Å². The number of pyridine rings is 1. The van der Waals surface area contributed by atoms with E-state index < -0.39 is 5.91 Å². The van der Waals surface area contributed by atoms with Crippen molar-refractivity contribution < 1.29 is 4.79 Å². The zero-order valence-corrected chi connectivity index (χ0v) is 9.03. The van der Waals surface area contributed by atoms with Gasteiger partial charge < -0.3 is 16.4 Å². The number of anilines is 2. The Labute approximate surface area is 89.1 Å². The molecule has 0 atom stereocenters. The molecule has 0 radical (unpaired) electrons. The van der Waals surface area contributed by atoms with Gasteiger partial charge in [0.25, 0.3) is 5.91 Å². The van der Waals surface area contributed by atoms with Crippen molar-refractivity contribution in [1.82, 2.24) is 4.98 Å². The maximum Gasteiger partial charge on any atom is 0.267 e. The molecule has 0 aromatic carbocycles. The maximum atomic E-state index is 10.9. The summed E-state index contributed by atoms with van der Waals surface area (Å²) in [5.74, 6) is 0.0642. The van der Waals surface area contributed by atoms with Gasteiger partial charge in [-0.3, -0.25) is 4.79 Å². The highest BCUT2D eigenvalue weighted by Crippen LogP contribution is 2.19. The third kappa shape index (κ3) is 2.59. The van der Waals surface area contributed by atoms with Gasteiger partial charge in [-0.15, -0.1) is 0 Å². The van der Waals surface area contributed by atoms with E-state index in [2.05, 4.69) is 11.9 Å². The van der Waals surface area contributed by atoms with Crippen molar-refractivity contribution in [3.05, 3.63) is 17.8 Å². The lowest BCUT2D eigenvalue weighted by atomic mass is 10.3. The summed E-state index contributed by atoms with van der Waals surface area (Å²) in [6, 6.07) is 3.18. The third-order valence-electron chi connectivity index (χ3n) is 2.08. The molecule has 0 bridgehead atoms. The molecule has 5 nitrogen and oxygen atoms in total. The van der Waals surface area contributed by atoms with Gasteiger partial charge in [0, 0.05) is 13.6 Å². The van der Waals surface area contributed by atoms with Crippen LogP contribution >= 0.6 is 0 Å². The lowest BCUT2D eigenvalue weighted by Gasteiger charge is -2.19. The van der Waals surface area contributed by atoms with Crippen LogP contribution in [0.3, 0.4) is 0 Å². The molecule has 0 unspecified atom stereocenters. The predicted octanol–water partition coefficient (Wildman–Crippen LogP) is 0.609. The fourth-order valence-electron chi connectivity index (χ4n) is 1.34. The Kier molecular flexibility index (Phi) is 3.49. The molecule has 0 saturated carbocycles. The number of nitrogens with zero attached hydrogens (tertiary/aromatic N) is 2. The SMILES string of the molecule is CCCN(C)c1nc(C(N)=O)ccc1N. The number of aromatic nitrogens is 1. The maximum absolute atomic E-state index is 10.9. The topological polar surface area (TPSA) is 85.2 Å². The van der Waals surface area contributed by atoms with Crippen LogP contribution < -0.4 is 16.4 Å². The number of carbonyl (C=O) groups is 1. The number of nitrogens with two attached hydrogens (primary N) is 2. The summed E-state index contributed by atoms with van der Waals surface area (Å²) in [5, 5.41) is 0. The van der Waals surface area contributed by atoms with Crippen molar-refractivity contribution in [2.75, 3.05) is 24.2 Å². The van der Waals surface area contributed by atoms with E-state index in [1.807, 2.05) is 11.9 Å². The van der Waals surface area contributed by atoms with Crippen molar-refractivity contribution >= 4 is 17.4 Å². The summed E-state index contributed by atoms with van der Waals surface area (Å²) in [5.41, 5.74) is 11.7. The van der Waals surface area contributed by atoms with Crippen LogP contribution in [0.15, 0.2) is 12.1 Å². The summed E-state index contributed by atoms with van der Waals surface area (Å²) < 4.78 is 0. The van der Waals surface area contributed by atoms with E-state index in [9.17, 15) is 4.79 Å². The fourth-order valence-corrected chi connectivity index (χ4v) is 1.34. The minimum absolute atomic E-state index is 0.238. The number of primary amides is 1. The quantitative estimate of drug-likeness (QED) is 0.759. The Morgan fingerprint density at radius 3 is 2.73 bits per heavy atom. The Morgan fingerprint density at radius 2 is 2.20 bits per heavy atom. The van der Waals surface area contributed by atoms with Crippen LogP contribution in [0.1, 0.15) is 23.8 Å². The molecule has 1 amide bonds. The average Bonchev–Trinajstić information content (AvgIpc) is 2.18. The molecule has 4 N–H and O–H groups in total. The summed E-state index contributed by atoms with van der Waals surface area (Å²) in [4.78, 5) is 17.0. The number of nitrogen functional groups attached to an aromatic ring is 1. The Balaban J connectivity index is 3.04. The van der Waals surface area contributed by atoms with Gasteiger partial charge in [0.2, 0.25) is 0 Å². The van der Waals surface area contributed by atoms with E-state index in [0.29, 0.717) is 11.5 Å². The van der Waals surface area contributed by atoms with Crippen LogP contribution in [0.4, 0.5) is 11.5 Å².